The van der Waals surface area contributed by atoms with Crippen molar-refractivity contribution < 1.29 is 10.2 Å². The normalized spacial score (nSPS) is 30.3. The Labute approximate surface area is 54.5 Å². The third-order valence-electron chi connectivity index (χ3n) is 2.27. The van der Waals surface area contributed by atoms with Crippen molar-refractivity contribution in [3.63, 3.8) is 0 Å². The molecule has 0 radical (unpaired) electrons. The van der Waals surface area contributed by atoms with Gasteiger partial charge in [0.25, 0.3) is 0 Å². The molecule has 0 aromatic carbocycles. The predicted octanol–water partition coefficient (Wildman–Crippen LogP) is -1.06. The Hall–Kier alpha value is -0.120. The van der Waals surface area contributed by atoms with Crippen LogP contribution in [0.1, 0.15) is 6.42 Å². The molecule has 1 fully saturated rings. The van der Waals surface area contributed by atoms with Crippen LogP contribution in [0.3, 0.4) is 0 Å². The largest absolute Gasteiger partial charge is 0.396 e. The average Bonchev–Trinajstić information content (AvgIpc) is 2.63. The Kier molecular flexibility index (Phi) is 1.75. The van der Waals surface area contributed by atoms with Gasteiger partial charge < -0.3 is 15.9 Å². The van der Waals surface area contributed by atoms with Gasteiger partial charge in [0.15, 0.2) is 0 Å². The summed E-state index contributed by atoms with van der Waals surface area (Å²) in [7, 11) is 0. The fourth-order valence-corrected chi connectivity index (χ4v) is 1.20. The molecule has 0 aromatic heterocycles. The van der Waals surface area contributed by atoms with Gasteiger partial charge in [0.05, 0.1) is 13.2 Å². The standard InChI is InChI=1S/C6H13NO2/c7-2-5-1-6(5,3-8)4-9/h5,8-9H,1-4,7H2/t5-/m0/s1. The molecule has 0 amide bonds. The molecule has 1 atom stereocenters. The second-order valence-electron chi connectivity index (χ2n) is 2.82. The summed E-state index contributed by atoms with van der Waals surface area (Å²) in [5.74, 6) is 0.354. The monoisotopic (exact) mass is 131 g/mol. The van der Waals surface area contributed by atoms with E-state index in [-0.39, 0.29) is 18.6 Å². The van der Waals surface area contributed by atoms with Crippen LogP contribution < -0.4 is 5.73 Å². The highest BCUT2D eigenvalue weighted by atomic mass is 16.3. The van der Waals surface area contributed by atoms with E-state index in [9.17, 15) is 0 Å². The third kappa shape index (κ3) is 0.956. The third-order valence-corrected chi connectivity index (χ3v) is 2.27. The number of aliphatic hydroxyl groups is 2. The Morgan fingerprint density at radius 2 is 2.00 bits per heavy atom. The van der Waals surface area contributed by atoms with Crippen molar-refractivity contribution in [2.75, 3.05) is 19.8 Å². The smallest absolute Gasteiger partial charge is 0.0512 e. The van der Waals surface area contributed by atoms with Gasteiger partial charge in [-0.05, 0) is 18.9 Å². The highest BCUT2D eigenvalue weighted by Crippen LogP contribution is 2.50. The molecule has 0 bridgehead atoms. The summed E-state index contributed by atoms with van der Waals surface area (Å²) in [5.41, 5.74) is 5.12. The van der Waals surface area contributed by atoms with Crippen LogP contribution in [0.5, 0.6) is 0 Å². The number of hydrogen-bond acceptors (Lipinski definition) is 3. The average molecular weight is 131 g/mol. The molecule has 54 valence electrons. The molecule has 0 aliphatic heterocycles. The second kappa shape index (κ2) is 2.25. The molecule has 0 unspecified atom stereocenters. The molecule has 3 heteroatoms. The molecule has 1 aliphatic carbocycles. The van der Waals surface area contributed by atoms with E-state index in [1.165, 1.54) is 0 Å². The molecule has 0 heterocycles. The lowest BCUT2D eigenvalue weighted by Crippen LogP contribution is -2.18. The Balaban J connectivity index is 2.37. The van der Waals surface area contributed by atoms with E-state index in [0.29, 0.717) is 12.5 Å². The van der Waals surface area contributed by atoms with Gasteiger partial charge in [-0.15, -0.1) is 0 Å². The van der Waals surface area contributed by atoms with Crippen molar-refractivity contribution in [3.8, 4) is 0 Å². The van der Waals surface area contributed by atoms with Crippen molar-refractivity contribution in [1.82, 2.24) is 0 Å². The first-order chi connectivity index (χ1) is 4.29. The minimum Gasteiger partial charge on any atom is -0.396 e. The van der Waals surface area contributed by atoms with Crippen LogP contribution in [-0.4, -0.2) is 30.0 Å². The first kappa shape index (κ1) is 6.99. The molecule has 4 N–H and O–H groups in total. The van der Waals surface area contributed by atoms with Gasteiger partial charge in [-0.3, -0.25) is 0 Å². The van der Waals surface area contributed by atoms with Gasteiger partial charge in [-0.25, -0.2) is 0 Å². The second-order valence-corrected chi connectivity index (χ2v) is 2.82. The molecule has 0 spiro atoms. The van der Waals surface area contributed by atoms with E-state index in [1.807, 2.05) is 0 Å². The first-order valence-corrected chi connectivity index (χ1v) is 3.21. The van der Waals surface area contributed by atoms with Gasteiger partial charge in [0.1, 0.15) is 0 Å². The van der Waals surface area contributed by atoms with Crippen LogP contribution in [0.4, 0.5) is 0 Å². The molecule has 1 rings (SSSR count). The number of aliphatic hydroxyl groups excluding tert-OH is 2. The van der Waals surface area contributed by atoms with Gasteiger partial charge in [-0.1, -0.05) is 0 Å². The highest BCUT2D eigenvalue weighted by Gasteiger charge is 2.52. The molecule has 3 nitrogen and oxygen atoms in total. The number of nitrogens with two attached hydrogens (primary N) is 1. The summed E-state index contributed by atoms with van der Waals surface area (Å²) >= 11 is 0. The van der Waals surface area contributed by atoms with E-state index in [4.69, 9.17) is 15.9 Å². The van der Waals surface area contributed by atoms with Crippen LogP contribution in [0, 0.1) is 11.3 Å². The zero-order valence-corrected chi connectivity index (χ0v) is 5.38. The van der Waals surface area contributed by atoms with Crippen molar-refractivity contribution >= 4 is 0 Å². The molecular weight excluding hydrogens is 118 g/mol. The molecule has 0 aromatic rings. The summed E-state index contributed by atoms with van der Waals surface area (Å²) in [5, 5.41) is 17.5. The van der Waals surface area contributed by atoms with Crippen LogP contribution in [0.2, 0.25) is 0 Å². The van der Waals surface area contributed by atoms with Gasteiger partial charge in [0, 0.05) is 5.41 Å². The zero-order chi connectivity index (χ0) is 6.91. The summed E-state index contributed by atoms with van der Waals surface area (Å²) in [6.07, 6.45) is 0.885. The van der Waals surface area contributed by atoms with E-state index in [0.717, 1.165) is 6.42 Å². The maximum absolute atomic E-state index is 8.74. The topological polar surface area (TPSA) is 66.5 Å². The number of hydrogen-bond donors (Lipinski definition) is 3. The first-order valence-electron chi connectivity index (χ1n) is 3.21. The van der Waals surface area contributed by atoms with Crippen molar-refractivity contribution in [1.29, 1.82) is 0 Å². The maximum Gasteiger partial charge on any atom is 0.0512 e. The fraction of sp³-hybridized carbons (Fsp3) is 1.00. The Bertz CT molecular complexity index is 101. The van der Waals surface area contributed by atoms with Crippen molar-refractivity contribution in [2.24, 2.45) is 17.1 Å². The Morgan fingerprint density at radius 1 is 1.44 bits per heavy atom. The lowest BCUT2D eigenvalue weighted by molar-refractivity contribution is 0.122. The predicted molar refractivity (Wildman–Crippen MR) is 33.8 cm³/mol. The molecule has 1 aliphatic rings. The van der Waals surface area contributed by atoms with E-state index >= 15 is 0 Å². The van der Waals surface area contributed by atoms with Crippen molar-refractivity contribution in [2.45, 2.75) is 6.42 Å². The lowest BCUT2D eigenvalue weighted by Gasteiger charge is -2.07. The minimum absolute atomic E-state index is 0.0748. The fourth-order valence-electron chi connectivity index (χ4n) is 1.20. The quantitative estimate of drug-likeness (QED) is 0.457. The molecular formula is C6H13NO2. The zero-order valence-electron chi connectivity index (χ0n) is 5.38. The van der Waals surface area contributed by atoms with Gasteiger partial charge >= 0.3 is 0 Å². The van der Waals surface area contributed by atoms with Gasteiger partial charge in [0.2, 0.25) is 0 Å². The van der Waals surface area contributed by atoms with Crippen LogP contribution >= 0.6 is 0 Å². The van der Waals surface area contributed by atoms with E-state index < -0.39 is 0 Å². The minimum atomic E-state index is -0.214. The SMILES string of the molecule is NC[C@@H]1CC1(CO)CO. The summed E-state index contributed by atoms with van der Waals surface area (Å²) < 4.78 is 0. The highest BCUT2D eigenvalue weighted by molar-refractivity contribution is 5.01. The maximum atomic E-state index is 8.74. The summed E-state index contributed by atoms with van der Waals surface area (Å²) in [4.78, 5) is 0. The lowest BCUT2D eigenvalue weighted by atomic mass is 10.1. The summed E-state index contributed by atoms with van der Waals surface area (Å²) in [6.45, 7) is 0.734. The molecule has 1 saturated carbocycles. The van der Waals surface area contributed by atoms with Crippen LogP contribution in [-0.2, 0) is 0 Å². The molecule has 9 heavy (non-hydrogen) atoms. The van der Waals surface area contributed by atoms with E-state index in [2.05, 4.69) is 0 Å². The summed E-state index contributed by atoms with van der Waals surface area (Å²) in [6, 6.07) is 0. The Morgan fingerprint density at radius 3 is 2.11 bits per heavy atom. The molecule has 0 saturated heterocycles. The van der Waals surface area contributed by atoms with E-state index in [1.54, 1.807) is 0 Å². The van der Waals surface area contributed by atoms with Crippen LogP contribution in [0.25, 0.3) is 0 Å². The van der Waals surface area contributed by atoms with Gasteiger partial charge in [-0.2, -0.15) is 0 Å². The van der Waals surface area contributed by atoms with Crippen molar-refractivity contribution in [3.05, 3.63) is 0 Å². The number of rotatable bonds is 3. The van der Waals surface area contributed by atoms with Crippen LogP contribution in [0.15, 0.2) is 0 Å².